The van der Waals surface area contributed by atoms with Crippen LogP contribution in [0.2, 0.25) is 0 Å². The van der Waals surface area contributed by atoms with Gasteiger partial charge in [0.05, 0.1) is 12.5 Å². The molecule has 0 bridgehead atoms. The summed E-state index contributed by atoms with van der Waals surface area (Å²) in [6, 6.07) is 6.01. The van der Waals surface area contributed by atoms with Gasteiger partial charge >= 0.3 is 6.09 Å². The van der Waals surface area contributed by atoms with E-state index >= 15 is 0 Å². The maximum atomic E-state index is 14.3. The molecule has 1 saturated heterocycles. The number of ketones is 1. The van der Waals surface area contributed by atoms with Crippen LogP contribution in [-0.4, -0.2) is 81.5 Å². The van der Waals surface area contributed by atoms with Gasteiger partial charge < -0.3 is 28.7 Å². The number of carbonyl (C=O) groups excluding carboxylic acids is 3. The number of carbonyl (C=O) groups is 3. The van der Waals surface area contributed by atoms with E-state index in [1.165, 1.54) is 0 Å². The summed E-state index contributed by atoms with van der Waals surface area (Å²) in [5.74, 6) is 0.877. The first-order valence-corrected chi connectivity index (χ1v) is 16.9. The molecule has 1 saturated carbocycles. The number of Topliss-reactive ketones (excluding diaryl/α,β-unsaturated/α-hetero) is 1. The summed E-state index contributed by atoms with van der Waals surface area (Å²) < 4.78 is 22.3. The number of anilines is 1. The highest BCUT2D eigenvalue weighted by molar-refractivity contribution is 5.97. The minimum Gasteiger partial charge on any atom is -0.493 e. The number of ether oxygens (including phenoxy) is 4. The molecule has 45 heavy (non-hydrogen) atoms. The van der Waals surface area contributed by atoms with Crippen LogP contribution < -0.4 is 9.64 Å². The molecule has 1 aliphatic heterocycles. The second-order valence-electron chi connectivity index (χ2n) is 14.4. The summed E-state index contributed by atoms with van der Waals surface area (Å²) in [5, 5.41) is 0. The van der Waals surface area contributed by atoms with Crippen LogP contribution in [-0.2, 0) is 23.8 Å². The van der Waals surface area contributed by atoms with E-state index in [1.807, 2.05) is 50.8 Å². The zero-order valence-corrected chi connectivity index (χ0v) is 29.1. The molecule has 2 amide bonds. The summed E-state index contributed by atoms with van der Waals surface area (Å²) >= 11 is 0. The number of likely N-dealkylation sites (tertiary alicyclic amines) is 1. The smallest absolute Gasteiger partial charge is 0.410 e. The van der Waals surface area contributed by atoms with E-state index in [2.05, 4.69) is 13.8 Å². The molecule has 3 rings (SSSR count). The predicted octanol–water partition coefficient (Wildman–Crippen LogP) is 6.83. The Hall–Kier alpha value is -2.65. The molecule has 0 unspecified atom stereocenters. The Labute approximate surface area is 271 Å². The van der Waals surface area contributed by atoms with Gasteiger partial charge in [-0.15, -0.1) is 0 Å². The van der Waals surface area contributed by atoms with Crippen molar-refractivity contribution < 1.29 is 33.3 Å². The minimum atomic E-state index is -0.679. The molecule has 1 aromatic rings. The molecule has 0 spiro atoms. The fourth-order valence-electron chi connectivity index (χ4n) is 6.25. The number of benzene rings is 1. The maximum Gasteiger partial charge on any atom is 0.410 e. The van der Waals surface area contributed by atoms with Crippen LogP contribution in [0, 0.1) is 30.6 Å². The van der Waals surface area contributed by atoms with Crippen molar-refractivity contribution in [2.75, 3.05) is 52.0 Å². The molecule has 1 aliphatic carbocycles. The Morgan fingerprint density at radius 3 is 2.33 bits per heavy atom. The SMILES string of the molecule is COCCCOc1cc(N(C(=O)[C@@H]2C[C@H](C(=O)CCC[C@@H](COC)CC(C)C)CN(C(=O)OC(C)(C)C)C2)C2CC2)ccc1C. The topological polar surface area (TPSA) is 94.6 Å². The average molecular weight is 631 g/mol. The van der Waals surface area contributed by atoms with Gasteiger partial charge in [0.2, 0.25) is 5.91 Å². The number of nitrogens with zero attached hydrogens (tertiary/aromatic N) is 2. The number of methoxy groups -OCH3 is 2. The molecule has 254 valence electrons. The fraction of sp³-hybridized carbons (Fsp3) is 0.750. The van der Waals surface area contributed by atoms with Crippen LogP contribution in [0.25, 0.3) is 0 Å². The molecule has 3 atom stereocenters. The normalized spacial score (nSPS) is 19.4. The summed E-state index contributed by atoms with van der Waals surface area (Å²) in [6.07, 6.45) is 5.75. The van der Waals surface area contributed by atoms with Crippen molar-refractivity contribution in [1.82, 2.24) is 4.90 Å². The highest BCUT2D eigenvalue weighted by Crippen LogP contribution is 2.38. The quantitative estimate of drug-likeness (QED) is 0.174. The minimum absolute atomic E-state index is 0.0464. The van der Waals surface area contributed by atoms with Crippen LogP contribution in [0.4, 0.5) is 10.5 Å². The summed E-state index contributed by atoms with van der Waals surface area (Å²) in [5.41, 5.74) is 1.11. The number of hydrogen-bond acceptors (Lipinski definition) is 7. The lowest BCUT2D eigenvalue weighted by molar-refractivity contribution is -0.129. The third-order valence-corrected chi connectivity index (χ3v) is 8.50. The molecule has 1 heterocycles. The third-order valence-electron chi connectivity index (χ3n) is 8.50. The lowest BCUT2D eigenvalue weighted by atomic mass is 9.83. The van der Waals surface area contributed by atoms with Gasteiger partial charge in [-0.1, -0.05) is 19.9 Å². The van der Waals surface area contributed by atoms with E-state index in [-0.39, 0.29) is 30.8 Å². The van der Waals surface area contributed by atoms with Crippen LogP contribution >= 0.6 is 0 Å². The van der Waals surface area contributed by atoms with E-state index < -0.39 is 23.5 Å². The van der Waals surface area contributed by atoms with Gasteiger partial charge in [-0.2, -0.15) is 0 Å². The van der Waals surface area contributed by atoms with Crippen molar-refractivity contribution in [3.8, 4) is 5.75 Å². The molecular weight excluding hydrogens is 572 g/mol. The van der Waals surface area contributed by atoms with Gasteiger partial charge in [0.1, 0.15) is 17.1 Å². The van der Waals surface area contributed by atoms with E-state index in [1.54, 1.807) is 19.1 Å². The van der Waals surface area contributed by atoms with Gasteiger partial charge in [0, 0.05) is 77.1 Å². The van der Waals surface area contributed by atoms with E-state index in [9.17, 15) is 14.4 Å². The van der Waals surface area contributed by atoms with Crippen molar-refractivity contribution in [3.05, 3.63) is 23.8 Å². The van der Waals surface area contributed by atoms with E-state index in [4.69, 9.17) is 18.9 Å². The van der Waals surface area contributed by atoms with Crippen LogP contribution in [0.3, 0.4) is 0 Å². The van der Waals surface area contributed by atoms with Gasteiger partial charge in [0.25, 0.3) is 0 Å². The molecule has 2 fully saturated rings. The Balaban J connectivity index is 1.78. The van der Waals surface area contributed by atoms with E-state index in [0.717, 1.165) is 55.5 Å². The highest BCUT2D eigenvalue weighted by Gasteiger charge is 2.43. The van der Waals surface area contributed by atoms with Gasteiger partial charge in [-0.05, 0) is 89.7 Å². The van der Waals surface area contributed by atoms with Crippen molar-refractivity contribution in [2.24, 2.45) is 23.7 Å². The van der Waals surface area contributed by atoms with Crippen molar-refractivity contribution in [1.29, 1.82) is 0 Å². The maximum absolute atomic E-state index is 14.3. The van der Waals surface area contributed by atoms with Gasteiger partial charge in [-0.3, -0.25) is 9.59 Å². The van der Waals surface area contributed by atoms with E-state index in [0.29, 0.717) is 44.5 Å². The molecule has 0 radical (unpaired) electrons. The lowest BCUT2D eigenvalue weighted by Crippen LogP contribution is -2.52. The molecule has 9 nitrogen and oxygen atoms in total. The average Bonchev–Trinajstić information content (AvgIpc) is 3.80. The summed E-state index contributed by atoms with van der Waals surface area (Å²) in [6.45, 7) is 14.2. The Kier molecular flexibility index (Phi) is 14.2. The summed E-state index contributed by atoms with van der Waals surface area (Å²) in [4.78, 5) is 44.7. The largest absolute Gasteiger partial charge is 0.493 e. The molecule has 0 N–H and O–H groups in total. The Morgan fingerprint density at radius 2 is 1.71 bits per heavy atom. The Bertz CT molecular complexity index is 1110. The second-order valence-corrected chi connectivity index (χ2v) is 14.4. The predicted molar refractivity (Wildman–Crippen MR) is 177 cm³/mol. The third kappa shape index (κ3) is 11.9. The number of hydrogen-bond donors (Lipinski definition) is 0. The fourth-order valence-corrected chi connectivity index (χ4v) is 6.25. The van der Waals surface area contributed by atoms with Crippen LogP contribution in [0.5, 0.6) is 5.75 Å². The molecular formula is C36H58N2O7. The highest BCUT2D eigenvalue weighted by atomic mass is 16.6. The van der Waals surface area contributed by atoms with Crippen molar-refractivity contribution >= 4 is 23.5 Å². The first-order chi connectivity index (χ1) is 21.3. The monoisotopic (exact) mass is 630 g/mol. The first kappa shape index (κ1) is 36.8. The molecule has 0 aromatic heterocycles. The second kappa shape index (κ2) is 17.3. The zero-order chi connectivity index (χ0) is 33.1. The number of amides is 2. The molecule has 9 heteroatoms. The van der Waals surface area contributed by atoms with Crippen LogP contribution in [0.15, 0.2) is 18.2 Å². The van der Waals surface area contributed by atoms with Crippen molar-refractivity contribution in [3.63, 3.8) is 0 Å². The number of aryl methyl sites for hydroxylation is 1. The Morgan fingerprint density at radius 1 is 1.00 bits per heavy atom. The van der Waals surface area contributed by atoms with Gasteiger partial charge in [-0.25, -0.2) is 4.79 Å². The number of rotatable bonds is 17. The van der Waals surface area contributed by atoms with Crippen LogP contribution in [0.1, 0.15) is 91.5 Å². The molecule has 1 aromatic carbocycles. The standard InChI is InChI=1S/C36H58N2O7/c1-25(2)19-27(24-43-8)11-9-12-32(39)28-20-29(23-37(22-28)35(41)45-36(4,5)6)34(40)38(30-15-16-30)31-14-13-26(3)33(21-31)44-18-10-17-42-7/h13-14,21,25,27-30H,9-12,15-20,22-24H2,1-8H3/t27-,28+,29-/m1/s1. The summed E-state index contributed by atoms with van der Waals surface area (Å²) in [7, 11) is 3.39. The molecule has 2 aliphatic rings. The number of piperidine rings is 1. The van der Waals surface area contributed by atoms with Gasteiger partial charge in [0.15, 0.2) is 0 Å². The van der Waals surface area contributed by atoms with Crippen molar-refractivity contribution in [2.45, 2.75) is 105 Å². The first-order valence-electron chi connectivity index (χ1n) is 16.9. The zero-order valence-electron chi connectivity index (χ0n) is 29.1. The lowest BCUT2D eigenvalue weighted by Gasteiger charge is -2.39.